The number of H-pyrrole nitrogens is 2. The lowest BCUT2D eigenvalue weighted by molar-refractivity contribution is 0.314. The molecule has 2 aliphatic heterocycles. The number of nitrogens with zero attached hydrogens (tertiary/aromatic N) is 2. The molecule has 5 heteroatoms. The fraction of sp³-hybridized carbons (Fsp3) is 0.133. The predicted molar refractivity (Wildman–Crippen MR) is 145 cm³/mol. The number of hydrogen-bond acceptors (Lipinski definition) is 3. The molecule has 2 aliphatic rings. The summed E-state index contributed by atoms with van der Waals surface area (Å²) in [7, 11) is 0. The maximum atomic E-state index is 6.42. The van der Waals surface area contributed by atoms with Crippen LogP contribution in [-0.4, -0.2) is 26.5 Å². The summed E-state index contributed by atoms with van der Waals surface area (Å²) in [4.78, 5) is 16.6. The van der Waals surface area contributed by atoms with E-state index in [1.165, 1.54) is 0 Å². The van der Waals surface area contributed by atoms with Gasteiger partial charge in [0.15, 0.2) is 5.75 Å². The fourth-order valence-corrected chi connectivity index (χ4v) is 4.41. The molecule has 0 spiro atoms. The van der Waals surface area contributed by atoms with Gasteiger partial charge in [0, 0.05) is 16.6 Å². The predicted octanol–water partition coefficient (Wildman–Crippen LogP) is 7.50. The molecular formula is C30H26N4O. The minimum Gasteiger partial charge on any atom is -0.491 e. The summed E-state index contributed by atoms with van der Waals surface area (Å²) in [5, 5.41) is 0. The number of aromatic amines is 2. The third kappa shape index (κ3) is 4.41. The van der Waals surface area contributed by atoms with Crippen LogP contribution in [0, 0.1) is 0 Å². The average molecular weight is 459 g/mol. The molecule has 0 saturated carbocycles. The number of unbranched alkanes of at least 4 members (excludes halogenated alkanes) is 1. The van der Waals surface area contributed by atoms with Crippen LogP contribution in [-0.2, 0) is 0 Å². The van der Waals surface area contributed by atoms with Gasteiger partial charge in [0.25, 0.3) is 0 Å². The number of ether oxygens (including phenoxy) is 1. The van der Waals surface area contributed by atoms with Crippen LogP contribution in [0.15, 0.2) is 66.7 Å². The van der Waals surface area contributed by atoms with E-state index in [0.717, 1.165) is 74.6 Å². The molecule has 5 heterocycles. The lowest BCUT2D eigenvalue weighted by Gasteiger charge is -2.08. The number of fused-ring (bicyclic) bond motifs is 8. The molecule has 0 fully saturated rings. The van der Waals surface area contributed by atoms with E-state index in [1.54, 1.807) is 0 Å². The minimum absolute atomic E-state index is 0.663. The highest BCUT2D eigenvalue weighted by Gasteiger charge is 2.15. The Hall–Kier alpha value is -4.38. The summed E-state index contributed by atoms with van der Waals surface area (Å²) in [6.07, 6.45) is 10.2. The lowest BCUT2D eigenvalue weighted by atomic mass is 10.1. The number of aromatic nitrogens is 4. The SMILES string of the molecule is CCCCOc1c(-c2ccccc2)c2cc3nc(cc4nc(cc5ccc(cc1[nH]2)[nH]5)C=C4)C=C3. The van der Waals surface area contributed by atoms with Crippen LogP contribution in [0.1, 0.15) is 42.5 Å². The van der Waals surface area contributed by atoms with Crippen molar-refractivity contribution in [2.24, 2.45) is 0 Å². The summed E-state index contributed by atoms with van der Waals surface area (Å²) in [6, 6.07) is 22.8. The van der Waals surface area contributed by atoms with Gasteiger partial charge >= 0.3 is 0 Å². The standard InChI is InChI=1S/C30H26N4O/c1-2-3-15-35-30-28-19-26-14-12-24(33-26)17-22-10-9-21(31-22)16-23-11-13-25(32-23)18-27(34-28)29(30)20-7-5-4-6-8-20/h4-14,16-19,33-34H,2-3,15H2,1H3. The molecule has 1 aromatic carbocycles. The first-order valence-corrected chi connectivity index (χ1v) is 12.0. The minimum atomic E-state index is 0.663. The maximum Gasteiger partial charge on any atom is 0.152 e. The molecule has 0 aliphatic carbocycles. The van der Waals surface area contributed by atoms with Crippen molar-refractivity contribution < 1.29 is 4.74 Å². The second kappa shape index (κ2) is 9.11. The van der Waals surface area contributed by atoms with E-state index in [1.807, 2.05) is 42.5 Å². The first-order valence-electron chi connectivity index (χ1n) is 12.0. The van der Waals surface area contributed by atoms with Gasteiger partial charge in [-0.1, -0.05) is 43.7 Å². The first-order chi connectivity index (χ1) is 17.2. The molecule has 5 nitrogen and oxygen atoms in total. The second-order valence-corrected chi connectivity index (χ2v) is 8.76. The topological polar surface area (TPSA) is 66.6 Å². The van der Waals surface area contributed by atoms with E-state index in [0.29, 0.717) is 6.61 Å². The van der Waals surface area contributed by atoms with Crippen molar-refractivity contribution in [1.29, 1.82) is 0 Å². The number of benzene rings is 1. The summed E-state index contributed by atoms with van der Waals surface area (Å²) in [5.41, 5.74) is 9.61. The quantitative estimate of drug-likeness (QED) is 0.263. The molecule has 0 unspecified atom stereocenters. The van der Waals surface area contributed by atoms with E-state index in [-0.39, 0.29) is 0 Å². The van der Waals surface area contributed by atoms with Gasteiger partial charge in [0.1, 0.15) is 0 Å². The maximum absolute atomic E-state index is 6.42. The molecule has 172 valence electrons. The largest absolute Gasteiger partial charge is 0.491 e. The van der Waals surface area contributed by atoms with Crippen LogP contribution >= 0.6 is 0 Å². The van der Waals surface area contributed by atoms with Crippen LogP contribution in [0.4, 0.5) is 0 Å². The van der Waals surface area contributed by atoms with Crippen molar-refractivity contribution in [3.05, 3.63) is 89.5 Å². The van der Waals surface area contributed by atoms with Crippen LogP contribution in [0.2, 0.25) is 0 Å². The van der Waals surface area contributed by atoms with Crippen molar-refractivity contribution >= 4 is 46.4 Å². The van der Waals surface area contributed by atoms with Crippen LogP contribution in [0.25, 0.3) is 57.5 Å². The zero-order chi connectivity index (χ0) is 23.6. The smallest absolute Gasteiger partial charge is 0.152 e. The zero-order valence-electron chi connectivity index (χ0n) is 19.6. The summed E-state index contributed by atoms with van der Waals surface area (Å²) < 4.78 is 6.42. The van der Waals surface area contributed by atoms with Gasteiger partial charge in [-0.25, -0.2) is 9.97 Å². The molecule has 0 saturated heterocycles. The van der Waals surface area contributed by atoms with Crippen molar-refractivity contribution in [3.8, 4) is 16.9 Å². The van der Waals surface area contributed by atoms with Crippen LogP contribution < -0.4 is 4.74 Å². The Morgan fingerprint density at radius 2 is 1.34 bits per heavy atom. The van der Waals surface area contributed by atoms with Gasteiger partial charge in [0.05, 0.1) is 40.4 Å². The zero-order valence-corrected chi connectivity index (χ0v) is 19.6. The van der Waals surface area contributed by atoms with Crippen molar-refractivity contribution in [2.75, 3.05) is 6.61 Å². The number of hydrogen-bond donors (Lipinski definition) is 2. The molecule has 0 atom stereocenters. The van der Waals surface area contributed by atoms with Crippen molar-refractivity contribution in [3.63, 3.8) is 0 Å². The molecule has 0 radical (unpaired) electrons. The Labute approximate surface area is 203 Å². The Kier molecular flexibility index (Phi) is 5.51. The normalized spacial score (nSPS) is 12.3. The monoisotopic (exact) mass is 458 g/mol. The van der Waals surface area contributed by atoms with Gasteiger partial charge in [0.2, 0.25) is 0 Å². The Balaban J connectivity index is 1.68. The highest BCUT2D eigenvalue weighted by molar-refractivity contribution is 5.95. The molecule has 35 heavy (non-hydrogen) atoms. The molecule has 6 rings (SSSR count). The highest BCUT2D eigenvalue weighted by Crippen LogP contribution is 2.38. The number of rotatable bonds is 5. The third-order valence-corrected chi connectivity index (χ3v) is 6.11. The molecule has 4 aromatic rings. The first kappa shape index (κ1) is 21.2. The Morgan fingerprint density at radius 1 is 0.686 bits per heavy atom. The fourth-order valence-electron chi connectivity index (χ4n) is 4.41. The Bertz CT molecular complexity index is 1610. The third-order valence-electron chi connectivity index (χ3n) is 6.11. The highest BCUT2D eigenvalue weighted by atomic mass is 16.5. The van der Waals surface area contributed by atoms with Gasteiger partial charge < -0.3 is 14.7 Å². The molecule has 2 N–H and O–H groups in total. The van der Waals surface area contributed by atoms with Gasteiger partial charge in [-0.2, -0.15) is 0 Å². The van der Waals surface area contributed by atoms with Gasteiger partial charge in [-0.3, -0.25) is 0 Å². The summed E-state index contributed by atoms with van der Waals surface area (Å²) >= 11 is 0. The Morgan fingerprint density at radius 3 is 2.06 bits per heavy atom. The van der Waals surface area contributed by atoms with E-state index in [9.17, 15) is 0 Å². The molecule has 8 bridgehead atoms. The van der Waals surface area contributed by atoms with E-state index < -0.39 is 0 Å². The van der Waals surface area contributed by atoms with E-state index >= 15 is 0 Å². The number of nitrogens with one attached hydrogen (secondary N) is 2. The van der Waals surface area contributed by atoms with Crippen molar-refractivity contribution in [2.45, 2.75) is 19.8 Å². The van der Waals surface area contributed by atoms with E-state index in [4.69, 9.17) is 14.7 Å². The van der Waals surface area contributed by atoms with Crippen LogP contribution in [0.3, 0.4) is 0 Å². The van der Waals surface area contributed by atoms with Crippen molar-refractivity contribution in [1.82, 2.24) is 19.9 Å². The molecule has 0 amide bonds. The second-order valence-electron chi connectivity index (χ2n) is 8.76. The van der Waals surface area contributed by atoms with Crippen LogP contribution in [0.5, 0.6) is 5.75 Å². The summed E-state index contributed by atoms with van der Waals surface area (Å²) in [5.74, 6) is 0.862. The van der Waals surface area contributed by atoms with E-state index in [2.05, 4.69) is 65.4 Å². The average Bonchev–Trinajstić information content (AvgIpc) is 3.65. The molecule has 3 aromatic heterocycles. The van der Waals surface area contributed by atoms with Gasteiger partial charge in [-0.05, 0) is 72.7 Å². The molecular weight excluding hydrogens is 432 g/mol. The van der Waals surface area contributed by atoms with Gasteiger partial charge in [-0.15, -0.1) is 0 Å². The summed E-state index contributed by atoms with van der Waals surface area (Å²) in [6.45, 7) is 2.84. The lowest BCUT2D eigenvalue weighted by Crippen LogP contribution is -1.97.